The minimum atomic E-state index is -3.68. The van der Waals surface area contributed by atoms with Crippen molar-refractivity contribution in [2.45, 2.75) is 35.5 Å². The summed E-state index contributed by atoms with van der Waals surface area (Å²) in [5, 5.41) is 3.47. The molecule has 30 heavy (non-hydrogen) atoms. The predicted molar refractivity (Wildman–Crippen MR) is 121 cm³/mol. The molecular weight excluding hydrogens is 444 g/mol. The molecule has 0 aromatic heterocycles. The van der Waals surface area contributed by atoms with Crippen LogP contribution in [0.2, 0.25) is 5.02 Å². The summed E-state index contributed by atoms with van der Waals surface area (Å²) in [5.74, 6) is 0.697. The molecule has 0 saturated carbocycles. The van der Waals surface area contributed by atoms with Crippen LogP contribution >= 0.6 is 23.4 Å². The number of nitrogens with one attached hydrogen (secondary N) is 1. The number of halogens is 1. The van der Waals surface area contributed by atoms with Crippen molar-refractivity contribution in [2.75, 3.05) is 31.3 Å². The SMILES string of the molecule is COc1ccc(NC(=O)CCSc2ccc(Cl)cc2)cc1S(=O)(=O)N1CCCCC1. The summed E-state index contributed by atoms with van der Waals surface area (Å²) in [4.78, 5) is 13.5. The van der Waals surface area contributed by atoms with Gasteiger partial charge in [-0.1, -0.05) is 18.0 Å². The number of piperidine rings is 1. The number of sulfonamides is 1. The van der Waals surface area contributed by atoms with Crippen molar-refractivity contribution in [1.82, 2.24) is 4.31 Å². The van der Waals surface area contributed by atoms with Gasteiger partial charge in [0.15, 0.2) is 0 Å². The van der Waals surface area contributed by atoms with Crippen LogP contribution in [0.25, 0.3) is 0 Å². The number of benzene rings is 2. The lowest BCUT2D eigenvalue weighted by molar-refractivity contribution is -0.115. The largest absolute Gasteiger partial charge is 0.495 e. The number of anilines is 1. The molecular formula is C21H25ClN2O4S2. The van der Waals surface area contributed by atoms with Crippen molar-refractivity contribution in [3.05, 3.63) is 47.5 Å². The van der Waals surface area contributed by atoms with Gasteiger partial charge in [0.05, 0.1) is 7.11 Å². The molecule has 3 rings (SSSR count). The lowest BCUT2D eigenvalue weighted by Gasteiger charge is -2.26. The summed E-state index contributed by atoms with van der Waals surface area (Å²) in [7, 11) is -2.24. The van der Waals surface area contributed by atoms with Crippen molar-refractivity contribution < 1.29 is 17.9 Å². The quantitative estimate of drug-likeness (QED) is 0.571. The van der Waals surface area contributed by atoms with E-state index in [-0.39, 0.29) is 16.6 Å². The lowest BCUT2D eigenvalue weighted by Crippen LogP contribution is -2.35. The Balaban J connectivity index is 1.65. The first kappa shape index (κ1) is 22.9. The number of rotatable bonds is 8. The fourth-order valence-electron chi connectivity index (χ4n) is 3.22. The van der Waals surface area contributed by atoms with Gasteiger partial charge < -0.3 is 10.1 Å². The van der Waals surface area contributed by atoms with E-state index in [9.17, 15) is 13.2 Å². The molecule has 1 N–H and O–H groups in total. The highest BCUT2D eigenvalue weighted by Gasteiger charge is 2.29. The van der Waals surface area contributed by atoms with E-state index in [1.165, 1.54) is 17.5 Å². The number of ether oxygens (including phenoxy) is 1. The first-order chi connectivity index (χ1) is 14.4. The molecule has 1 aliphatic heterocycles. The Morgan fingerprint density at radius 1 is 1.13 bits per heavy atom. The molecule has 1 aliphatic rings. The number of carbonyl (C=O) groups excluding carboxylic acids is 1. The van der Waals surface area contributed by atoms with Crippen LogP contribution in [0.4, 0.5) is 5.69 Å². The summed E-state index contributed by atoms with van der Waals surface area (Å²) in [6.45, 7) is 1.01. The maximum absolute atomic E-state index is 13.1. The molecule has 1 fully saturated rings. The Hall–Kier alpha value is -1.74. The average Bonchev–Trinajstić information content (AvgIpc) is 2.75. The van der Waals surface area contributed by atoms with E-state index >= 15 is 0 Å². The molecule has 1 saturated heterocycles. The Morgan fingerprint density at radius 3 is 2.50 bits per heavy atom. The first-order valence-corrected chi connectivity index (χ1v) is 12.6. The molecule has 162 valence electrons. The van der Waals surface area contributed by atoms with Gasteiger partial charge in [-0.15, -0.1) is 11.8 Å². The Morgan fingerprint density at radius 2 is 1.83 bits per heavy atom. The number of amides is 1. The normalized spacial score (nSPS) is 15.0. The highest BCUT2D eigenvalue weighted by atomic mass is 35.5. The third-order valence-corrected chi connectivity index (χ3v) is 7.98. The van der Waals surface area contributed by atoms with Crippen molar-refractivity contribution in [2.24, 2.45) is 0 Å². The van der Waals surface area contributed by atoms with Crippen LogP contribution in [-0.4, -0.2) is 44.6 Å². The van der Waals surface area contributed by atoms with E-state index in [1.807, 2.05) is 24.3 Å². The summed E-state index contributed by atoms with van der Waals surface area (Å²) in [6, 6.07) is 12.1. The van der Waals surface area contributed by atoms with E-state index in [2.05, 4.69) is 5.32 Å². The minimum Gasteiger partial charge on any atom is -0.495 e. The third-order valence-electron chi connectivity index (χ3n) is 4.79. The number of thioether (sulfide) groups is 1. The van der Waals surface area contributed by atoms with E-state index in [0.717, 1.165) is 24.2 Å². The first-order valence-electron chi connectivity index (χ1n) is 9.76. The van der Waals surface area contributed by atoms with Gasteiger partial charge in [-0.2, -0.15) is 4.31 Å². The number of methoxy groups -OCH3 is 1. The van der Waals surface area contributed by atoms with E-state index < -0.39 is 10.0 Å². The van der Waals surface area contributed by atoms with Crippen molar-refractivity contribution in [1.29, 1.82) is 0 Å². The molecule has 0 bridgehead atoms. The Bertz CT molecular complexity index is 975. The monoisotopic (exact) mass is 468 g/mol. The Kier molecular flexibility index (Phi) is 8.05. The van der Waals surface area contributed by atoms with Crippen molar-refractivity contribution >= 4 is 45.0 Å². The third kappa shape index (κ3) is 5.91. The van der Waals surface area contributed by atoms with Crippen molar-refractivity contribution in [3.8, 4) is 5.75 Å². The number of hydrogen-bond donors (Lipinski definition) is 1. The van der Waals surface area contributed by atoms with E-state index in [1.54, 1.807) is 23.9 Å². The predicted octanol–water partition coefficient (Wildman–Crippen LogP) is 4.64. The highest BCUT2D eigenvalue weighted by molar-refractivity contribution is 7.99. The molecule has 0 unspecified atom stereocenters. The van der Waals surface area contributed by atoms with Crippen LogP contribution < -0.4 is 10.1 Å². The van der Waals surface area contributed by atoms with E-state index in [4.69, 9.17) is 16.3 Å². The van der Waals surface area contributed by atoms with Gasteiger partial charge in [-0.3, -0.25) is 4.79 Å². The average molecular weight is 469 g/mol. The van der Waals surface area contributed by atoms with Crippen LogP contribution in [0.1, 0.15) is 25.7 Å². The van der Waals surface area contributed by atoms with Gasteiger partial charge in [0.25, 0.3) is 0 Å². The molecule has 0 aliphatic carbocycles. The zero-order valence-electron chi connectivity index (χ0n) is 16.8. The zero-order valence-corrected chi connectivity index (χ0v) is 19.2. The zero-order chi connectivity index (χ0) is 21.6. The van der Waals surface area contributed by atoms with Crippen LogP contribution in [0.3, 0.4) is 0 Å². The lowest BCUT2D eigenvalue weighted by atomic mass is 10.2. The molecule has 0 radical (unpaired) electrons. The molecule has 2 aromatic rings. The summed E-state index contributed by atoms with van der Waals surface area (Å²) < 4.78 is 32.9. The standard InChI is InChI=1S/C21H25ClN2O4S2/c1-28-19-10-7-17(15-20(19)30(26,27)24-12-3-2-4-13-24)23-21(25)11-14-29-18-8-5-16(22)6-9-18/h5-10,15H,2-4,11-14H2,1H3,(H,23,25). The van der Waals surface area contributed by atoms with E-state index in [0.29, 0.717) is 36.0 Å². The second-order valence-corrected chi connectivity index (χ2v) is 10.4. The van der Waals surface area contributed by atoms with Gasteiger partial charge in [-0.05, 0) is 55.3 Å². The summed E-state index contributed by atoms with van der Waals surface area (Å²) in [6.07, 6.45) is 3.04. The van der Waals surface area contributed by atoms with Crippen LogP contribution in [-0.2, 0) is 14.8 Å². The molecule has 0 spiro atoms. The minimum absolute atomic E-state index is 0.0836. The molecule has 1 heterocycles. The van der Waals surface area contributed by atoms with Gasteiger partial charge in [0.2, 0.25) is 15.9 Å². The van der Waals surface area contributed by atoms with Crippen molar-refractivity contribution in [3.63, 3.8) is 0 Å². The van der Waals surface area contributed by atoms with Gasteiger partial charge in [-0.25, -0.2) is 8.42 Å². The number of hydrogen-bond acceptors (Lipinski definition) is 5. The molecule has 9 heteroatoms. The highest BCUT2D eigenvalue weighted by Crippen LogP contribution is 2.31. The van der Waals surface area contributed by atoms with Crippen LogP contribution in [0.5, 0.6) is 5.75 Å². The van der Waals surface area contributed by atoms with Gasteiger partial charge in [0.1, 0.15) is 10.6 Å². The number of nitrogens with zero attached hydrogens (tertiary/aromatic N) is 1. The maximum atomic E-state index is 13.1. The topological polar surface area (TPSA) is 75.7 Å². The van der Waals surface area contributed by atoms with Gasteiger partial charge >= 0.3 is 0 Å². The molecule has 6 nitrogen and oxygen atoms in total. The summed E-state index contributed by atoms with van der Waals surface area (Å²) in [5.41, 5.74) is 0.438. The van der Waals surface area contributed by atoms with Crippen LogP contribution in [0.15, 0.2) is 52.3 Å². The molecule has 0 atom stereocenters. The summed E-state index contributed by atoms with van der Waals surface area (Å²) >= 11 is 7.43. The second kappa shape index (κ2) is 10.5. The smallest absolute Gasteiger partial charge is 0.246 e. The fourth-order valence-corrected chi connectivity index (χ4v) is 5.89. The number of carbonyl (C=O) groups is 1. The molecule has 1 amide bonds. The second-order valence-electron chi connectivity index (χ2n) is 6.93. The van der Waals surface area contributed by atoms with Crippen LogP contribution in [0, 0.1) is 0 Å². The van der Waals surface area contributed by atoms with Gasteiger partial charge in [0, 0.05) is 40.9 Å². The Labute approximate surface area is 187 Å². The molecule has 2 aromatic carbocycles. The fraction of sp³-hybridized carbons (Fsp3) is 0.381. The maximum Gasteiger partial charge on any atom is 0.246 e.